The van der Waals surface area contributed by atoms with Crippen LogP contribution in [0.3, 0.4) is 0 Å². The summed E-state index contributed by atoms with van der Waals surface area (Å²) in [5.41, 5.74) is 7.05. The molecule has 0 unspecified atom stereocenters. The van der Waals surface area contributed by atoms with Gasteiger partial charge in [-0.3, -0.25) is 4.79 Å². The number of nitrogens with two attached hydrogens (primary N) is 1. The largest absolute Gasteiger partial charge is 0.378 e. The third-order valence-corrected chi connectivity index (χ3v) is 2.94. The molecule has 4 nitrogen and oxygen atoms in total. The second kappa shape index (κ2) is 5.80. The van der Waals surface area contributed by atoms with Crippen molar-refractivity contribution in [2.45, 2.75) is 12.5 Å². The van der Waals surface area contributed by atoms with Crippen LogP contribution in [-0.2, 0) is 16.0 Å². The Morgan fingerprint density at radius 3 is 2.59 bits per heavy atom. The minimum Gasteiger partial charge on any atom is -0.378 e. The van der Waals surface area contributed by atoms with Crippen LogP contribution in [0.15, 0.2) is 30.3 Å². The number of amides is 1. The number of benzene rings is 1. The summed E-state index contributed by atoms with van der Waals surface area (Å²) in [5, 5.41) is 0. The van der Waals surface area contributed by atoms with Gasteiger partial charge in [0.05, 0.1) is 19.3 Å². The van der Waals surface area contributed by atoms with Crippen LogP contribution in [0, 0.1) is 0 Å². The molecule has 0 aromatic heterocycles. The Balaban J connectivity index is 1.90. The Kier molecular flexibility index (Phi) is 4.12. The van der Waals surface area contributed by atoms with E-state index in [1.54, 1.807) is 4.90 Å². The molecule has 0 aliphatic carbocycles. The highest BCUT2D eigenvalue weighted by molar-refractivity contribution is 5.82. The molecular formula is C13H18N2O2. The molecule has 1 aromatic rings. The van der Waals surface area contributed by atoms with Gasteiger partial charge in [0.1, 0.15) is 0 Å². The molecule has 92 valence electrons. The first-order valence-electron chi connectivity index (χ1n) is 5.93. The first-order valence-corrected chi connectivity index (χ1v) is 5.93. The van der Waals surface area contributed by atoms with Gasteiger partial charge in [0, 0.05) is 13.1 Å². The van der Waals surface area contributed by atoms with E-state index >= 15 is 0 Å². The minimum atomic E-state index is -0.449. The molecule has 1 amide bonds. The summed E-state index contributed by atoms with van der Waals surface area (Å²) in [5.74, 6) is 0.0251. The van der Waals surface area contributed by atoms with Crippen molar-refractivity contribution in [3.8, 4) is 0 Å². The number of hydrogen-bond acceptors (Lipinski definition) is 3. The van der Waals surface area contributed by atoms with Gasteiger partial charge in [-0.25, -0.2) is 0 Å². The van der Waals surface area contributed by atoms with Crippen LogP contribution in [0.25, 0.3) is 0 Å². The number of nitrogens with zero attached hydrogens (tertiary/aromatic N) is 1. The van der Waals surface area contributed by atoms with E-state index in [1.807, 2.05) is 30.3 Å². The Labute approximate surface area is 101 Å². The zero-order valence-electron chi connectivity index (χ0n) is 9.84. The Morgan fingerprint density at radius 1 is 1.29 bits per heavy atom. The molecule has 1 aliphatic rings. The maximum Gasteiger partial charge on any atom is 0.239 e. The van der Waals surface area contributed by atoms with Crippen LogP contribution in [-0.4, -0.2) is 43.2 Å². The molecule has 2 N–H and O–H groups in total. The van der Waals surface area contributed by atoms with Crippen molar-refractivity contribution in [3.05, 3.63) is 35.9 Å². The van der Waals surface area contributed by atoms with E-state index < -0.39 is 6.04 Å². The smallest absolute Gasteiger partial charge is 0.239 e. The van der Waals surface area contributed by atoms with Crippen LogP contribution in [0.5, 0.6) is 0 Å². The quantitative estimate of drug-likeness (QED) is 0.824. The standard InChI is InChI=1S/C13H18N2O2/c14-12(10-11-4-2-1-3-5-11)13(16)15-6-8-17-9-7-15/h1-5,12H,6-10,14H2/t12-/m1/s1. The van der Waals surface area contributed by atoms with Crippen LogP contribution in [0.2, 0.25) is 0 Å². The number of hydrogen-bond donors (Lipinski definition) is 1. The van der Waals surface area contributed by atoms with E-state index in [1.165, 1.54) is 0 Å². The highest BCUT2D eigenvalue weighted by Gasteiger charge is 2.22. The van der Waals surface area contributed by atoms with E-state index in [9.17, 15) is 4.79 Å². The summed E-state index contributed by atoms with van der Waals surface area (Å²) in [6.07, 6.45) is 0.594. The van der Waals surface area contributed by atoms with Crippen molar-refractivity contribution in [2.75, 3.05) is 26.3 Å². The predicted octanol–water partition coefficient (Wildman–Crippen LogP) is 0.415. The molecule has 0 spiro atoms. The molecule has 1 heterocycles. The van der Waals surface area contributed by atoms with E-state index in [4.69, 9.17) is 10.5 Å². The molecule has 4 heteroatoms. The lowest BCUT2D eigenvalue weighted by Gasteiger charge is -2.29. The molecule has 1 saturated heterocycles. The summed E-state index contributed by atoms with van der Waals surface area (Å²) < 4.78 is 5.21. The van der Waals surface area contributed by atoms with E-state index in [0.29, 0.717) is 32.7 Å². The van der Waals surface area contributed by atoms with Crippen molar-refractivity contribution in [2.24, 2.45) is 5.73 Å². The zero-order valence-corrected chi connectivity index (χ0v) is 9.84. The number of ether oxygens (including phenoxy) is 1. The molecule has 1 fully saturated rings. The van der Waals surface area contributed by atoms with Gasteiger partial charge in [0.15, 0.2) is 0 Å². The predicted molar refractivity (Wildman–Crippen MR) is 65.5 cm³/mol. The van der Waals surface area contributed by atoms with Crippen molar-refractivity contribution in [1.29, 1.82) is 0 Å². The van der Waals surface area contributed by atoms with Gasteiger partial charge in [0.2, 0.25) is 5.91 Å². The first-order chi connectivity index (χ1) is 8.27. The normalized spacial score (nSPS) is 17.8. The Hall–Kier alpha value is -1.39. The lowest BCUT2D eigenvalue weighted by atomic mass is 10.1. The SMILES string of the molecule is N[C@H](Cc1ccccc1)C(=O)N1CCOCC1. The Morgan fingerprint density at radius 2 is 1.94 bits per heavy atom. The summed E-state index contributed by atoms with van der Waals surface area (Å²) in [4.78, 5) is 13.8. The van der Waals surface area contributed by atoms with Crippen molar-refractivity contribution >= 4 is 5.91 Å². The van der Waals surface area contributed by atoms with Gasteiger partial charge in [-0.15, -0.1) is 0 Å². The van der Waals surface area contributed by atoms with Gasteiger partial charge in [-0.05, 0) is 12.0 Å². The molecule has 1 aromatic carbocycles. The fourth-order valence-electron chi connectivity index (χ4n) is 1.97. The molecule has 0 radical (unpaired) electrons. The van der Waals surface area contributed by atoms with Crippen molar-refractivity contribution < 1.29 is 9.53 Å². The highest BCUT2D eigenvalue weighted by Crippen LogP contribution is 2.06. The molecule has 1 aliphatic heterocycles. The van der Waals surface area contributed by atoms with Crippen LogP contribution >= 0.6 is 0 Å². The highest BCUT2D eigenvalue weighted by atomic mass is 16.5. The van der Waals surface area contributed by atoms with Gasteiger partial charge >= 0.3 is 0 Å². The lowest BCUT2D eigenvalue weighted by Crippen LogP contribution is -2.49. The third kappa shape index (κ3) is 3.28. The van der Waals surface area contributed by atoms with Crippen molar-refractivity contribution in [3.63, 3.8) is 0 Å². The second-order valence-corrected chi connectivity index (χ2v) is 4.23. The third-order valence-electron chi connectivity index (χ3n) is 2.94. The number of carbonyl (C=O) groups is 1. The number of morpholine rings is 1. The molecule has 0 bridgehead atoms. The fourth-order valence-corrected chi connectivity index (χ4v) is 1.97. The van der Waals surface area contributed by atoms with Gasteiger partial charge in [-0.1, -0.05) is 30.3 Å². The zero-order chi connectivity index (χ0) is 12.1. The summed E-state index contributed by atoms with van der Waals surface area (Å²) in [6, 6.07) is 9.41. The molecule has 2 rings (SSSR count). The summed E-state index contributed by atoms with van der Waals surface area (Å²) in [7, 11) is 0. The van der Waals surface area contributed by atoms with E-state index in [0.717, 1.165) is 5.56 Å². The fraction of sp³-hybridized carbons (Fsp3) is 0.462. The van der Waals surface area contributed by atoms with Crippen LogP contribution in [0.4, 0.5) is 0 Å². The maximum absolute atomic E-state index is 12.0. The van der Waals surface area contributed by atoms with Crippen LogP contribution in [0.1, 0.15) is 5.56 Å². The Bertz CT molecular complexity index is 361. The monoisotopic (exact) mass is 234 g/mol. The molecule has 17 heavy (non-hydrogen) atoms. The number of carbonyl (C=O) groups excluding carboxylic acids is 1. The van der Waals surface area contributed by atoms with Gasteiger partial charge in [0.25, 0.3) is 0 Å². The maximum atomic E-state index is 12.0. The average molecular weight is 234 g/mol. The van der Waals surface area contributed by atoms with Crippen LogP contribution < -0.4 is 5.73 Å². The summed E-state index contributed by atoms with van der Waals surface area (Å²) >= 11 is 0. The van der Waals surface area contributed by atoms with E-state index in [2.05, 4.69) is 0 Å². The number of rotatable bonds is 3. The molecule has 1 atom stereocenters. The van der Waals surface area contributed by atoms with Gasteiger partial charge < -0.3 is 15.4 Å². The second-order valence-electron chi connectivity index (χ2n) is 4.23. The first kappa shape index (κ1) is 12.1. The van der Waals surface area contributed by atoms with Crippen molar-refractivity contribution in [1.82, 2.24) is 4.90 Å². The minimum absolute atomic E-state index is 0.0251. The molecular weight excluding hydrogens is 216 g/mol. The van der Waals surface area contributed by atoms with E-state index in [-0.39, 0.29) is 5.91 Å². The van der Waals surface area contributed by atoms with Gasteiger partial charge in [-0.2, -0.15) is 0 Å². The summed E-state index contributed by atoms with van der Waals surface area (Å²) in [6.45, 7) is 2.54. The average Bonchev–Trinajstić information content (AvgIpc) is 2.40. The molecule has 0 saturated carbocycles. The topological polar surface area (TPSA) is 55.6 Å². The lowest BCUT2D eigenvalue weighted by molar-refractivity contribution is -0.136.